The molecule has 19 heavy (non-hydrogen) atoms. The maximum absolute atomic E-state index is 5.08. The summed E-state index contributed by atoms with van der Waals surface area (Å²) in [5.74, 6) is 1.89. The van der Waals surface area contributed by atoms with Gasteiger partial charge in [0, 0.05) is 39.2 Å². The lowest BCUT2D eigenvalue weighted by atomic mass is 9.97. The maximum atomic E-state index is 5.08. The van der Waals surface area contributed by atoms with Crippen molar-refractivity contribution in [2.24, 2.45) is 7.05 Å². The quantitative estimate of drug-likeness (QED) is 0.837. The van der Waals surface area contributed by atoms with Gasteiger partial charge in [0.2, 0.25) is 5.89 Å². The largest absolute Gasteiger partial charge is 0.340 e. The molecular formula is C13H19N5O. The highest BCUT2D eigenvalue weighted by atomic mass is 16.5. The lowest BCUT2D eigenvalue weighted by molar-refractivity contribution is 0.191. The predicted octanol–water partition coefficient (Wildman–Crippen LogP) is 1.49. The summed E-state index contributed by atoms with van der Waals surface area (Å²) < 4.78 is 7.16. The number of imidazole rings is 1. The summed E-state index contributed by atoms with van der Waals surface area (Å²) in [4.78, 5) is 11.0. The molecule has 0 radical (unpaired) electrons. The Kier molecular flexibility index (Phi) is 3.33. The molecule has 6 nitrogen and oxygen atoms in total. The molecule has 0 N–H and O–H groups in total. The van der Waals surface area contributed by atoms with Gasteiger partial charge in [-0.25, -0.2) is 4.98 Å². The molecule has 0 aromatic carbocycles. The molecule has 6 heteroatoms. The Balaban J connectivity index is 1.66. The van der Waals surface area contributed by atoms with E-state index in [4.69, 9.17) is 4.52 Å². The molecule has 0 unspecified atom stereocenters. The second-order valence-electron chi connectivity index (χ2n) is 5.24. The van der Waals surface area contributed by atoms with Gasteiger partial charge in [-0.3, -0.25) is 4.90 Å². The molecule has 1 saturated heterocycles. The van der Waals surface area contributed by atoms with Crippen LogP contribution in [0.3, 0.4) is 0 Å². The van der Waals surface area contributed by atoms with Crippen LogP contribution in [-0.2, 0) is 13.6 Å². The van der Waals surface area contributed by atoms with Crippen LogP contribution < -0.4 is 0 Å². The highest BCUT2D eigenvalue weighted by molar-refractivity contribution is 5.01. The predicted molar refractivity (Wildman–Crippen MR) is 69.5 cm³/mol. The molecule has 102 valence electrons. The number of likely N-dealkylation sites (tertiary alicyclic amines) is 1. The summed E-state index contributed by atoms with van der Waals surface area (Å²) in [5.41, 5.74) is 1.24. The van der Waals surface area contributed by atoms with Crippen molar-refractivity contribution in [1.29, 1.82) is 0 Å². The molecule has 0 bridgehead atoms. The highest BCUT2D eigenvalue weighted by Gasteiger charge is 2.25. The number of aryl methyl sites for hydroxylation is 2. The molecule has 0 aliphatic carbocycles. The van der Waals surface area contributed by atoms with E-state index >= 15 is 0 Å². The zero-order valence-corrected chi connectivity index (χ0v) is 11.4. The molecule has 2 aromatic heterocycles. The SMILES string of the molecule is Cc1nc([C@@H]2CCCN(Cc3cncn3C)C2)no1. The van der Waals surface area contributed by atoms with E-state index in [-0.39, 0.29) is 0 Å². The lowest BCUT2D eigenvalue weighted by Crippen LogP contribution is -2.34. The monoisotopic (exact) mass is 261 g/mol. The second kappa shape index (κ2) is 5.13. The summed E-state index contributed by atoms with van der Waals surface area (Å²) in [7, 11) is 2.03. The van der Waals surface area contributed by atoms with Crippen molar-refractivity contribution in [1.82, 2.24) is 24.6 Å². The van der Waals surface area contributed by atoms with Gasteiger partial charge in [0.1, 0.15) is 0 Å². The van der Waals surface area contributed by atoms with Crippen LogP contribution in [0.5, 0.6) is 0 Å². The number of aromatic nitrogens is 4. The van der Waals surface area contributed by atoms with Gasteiger partial charge in [-0.15, -0.1) is 0 Å². The fourth-order valence-electron chi connectivity index (χ4n) is 2.66. The first-order chi connectivity index (χ1) is 9.22. The van der Waals surface area contributed by atoms with Crippen LogP contribution in [0, 0.1) is 6.92 Å². The molecule has 1 aliphatic rings. The summed E-state index contributed by atoms with van der Waals surface area (Å²) in [6.45, 7) is 4.89. The van der Waals surface area contributed by atoms with Crippen LogP contribution in [-0.4, -0.2) is 37.7 Å². The van der Waals surface area contributed by atoms with Crippen molar-refractivity contribution in [2.75, 3.05) is 13.1 Å². The third-order valence-corrected chi connectivity index (χ3v) is 3.72. The van der Waals surface area contributed by atoms with Crippen LogP contribution in [0.25, 0.3) is 0 Å². The summed E-state index contributed by atoms with van der Waals surface area (Å²) in [6, 6.07) is 0. The van der Waals surface area contributed by atoms with Gasteiger partial charge < -0.3 is 9.09 Å². The summed E-state index contributed by atoms with van der Waals surface area (Å²) in [6.07, 6.45) is 6.10. The maximum Gasteiger partial charge on any atom is 0.223 e. The van der Waals surface area contributed by atoms with Crippen LogP contribution in [0.1, 0.15) is 36.2 Å². The van der Waals surface area contributed by atoms with Crippen molar-refractivity contribution >= 4 is 0 Å². The molecule has 2 aromatic rings. The van der Waals surface area contributed by atoms with Gasteiger partial charge >= 0.3 is 0 Å². The van der Waals surface area contributed by atoms with Gasteiger partial charge in [-0.05, 0) is 19.4 Å². The van der Waals surface area contributed by atoms with E-state index in [1.165, 1.54) is 12.1 Å². The number of hydrogen-bond acceptors (Lipinski definition) is 5. The standard InChI is InChI=1S/C13H19N5O/c1-10-15-13(16-19-10)11-4-3-5-18(7-11)8-12-6-14-9-17(12)2/h6,9,11H,3-5,7-8H2,1-2H3/t11-/m1/s1. The van der Waals surface area contributed by atoms with Gasteiger partial charge in [0.25, 0.3) is 0 Å². The van der Waals surface area contributed by atoms with Crippen molar-refractivity contribution < 1.29 is 4.52 Å². The Morgan fingerprint density at radius 1 is 1.47 bits per heavy atom. The lowest BCUT2D eigenvalue weighted by Gasteiger charge is -2.31. The number of piperidine rings is 1. The molecule has 3 rings (SSSR count). The Morgan fingerprint density at radius 2 is 2.37 bits per heavy atom. The van der Waals surface area contributed by atoms with Crippen LogP contribution in [0.2, 0.25) is 0 Å². The fraction of sp³-hybridized carbons (Fsp3) is 0.615. The van der Waals surface area contributed by atoms with Crippen LogP contribution in [0.15, 0.2) is 17.0 Å². The Morgan fingerprint density at radius 3 is 3.05 bits per heavy atom. The molecule has 1 fully saturated rings. The van der Waals surface area contributed by atoms with Crippen molar-refractivity contribution in [3.63, 3.8) is 0 Å². The van der Waals surface area contributed by atoms with Crippen molar-refractivity contribution in [2.45, 2.75) is 32.2 Å². The van der Waals surface area contributed by atoms with E-state index in [2.05, 4.69) is 24.6 Å². The Hall–Kier alpha value is -1.69. The van der Waals surface area contributed by atoms with Gasteiger partial charge in [-0.1, -0.05) is 5.16 Å². The fourth-order valence-corrected chi connectivity index (χ4v) is 2.66. The zero-order valence-electron chi connectivity index (χ0n) is 11.4. The third-order valence-electron chi connectivity index (χ3n) is 3.72. The summed E-state index contributed by atoms with van der Waals surface area (Å²) in [5, 5.41) is 4.06. The molecule has 0 amide bonds. The smallest absolute Gasteiger partial charge is 0.223 e. The van der Waals surface area contributed by atoms with Gasteiger partial charge in [-0.2, -0.15) is 4.98 Å². The highest BCUT2D eigenvalue weighted by Crippen LogP contribution is 2.25. The van der Waals surface area contributed by atoms with E-state index in [1.807, 2.05) is 26.5 Å². The molecular weight excluding hydrogens is 242 g/mol. The van der Waals surface area contributed by atoms with Crippen LogP contribution in [0.4, 0.5) is 0 Å². The molecule has 1 atom stereocenters. The van der Waals surface area contributed by atoms with E-state index in [0.29, 0.717) is 11.8 Å². The topological polar surface area (TPSA) is 60.0 Å². The third kappa shape index (κ3) is 2.68. The average molecular weight is 261 g/mol. The van der Waals surface area contributed by atoms with E-state index < -0.39 is 0 Å². The minimum Gasteiger partial charge on any atom is -0.340 e. The average Bonchev–Trinajstić information content (AvgIpc) is 3.00. The van der Waals surface area contributed by atoms with E-state index in [0.717, 1.165) is 31.9 Å². The number of nitrogens with zero attached hydrogens (tertiary/aromatic N) is 5. The Bertz CT molecular complexity index is 547. The number of hydrogen-bond donors (Lipinski definition) is 0. The minimum absolute atomic E-state index is 0.388. The number of rotatable bonds is 3. The first-order valence-electron chi connectivity index (χ1n) is 6.70. The van der Waals surface area contributed by atoms with Crippen molar-refractivity contribution in [3.05, 3.63) is 29.9 Å². The second-order valence-corrected chi connectivity index (χ2v) is 5.24. The first kappa shape index (κ1) is 12.3. The van der Waals surface area contributed by atoms with E-state index in [1.54, 1.807) is 0 Å². The molecule has 0 saturated carbocycles. The van der Waals surface area contributed by atoms with Gasteiger partial charge in [0.05, 0.1) is 12.0 Å². The first-order valence-corrected chi connectivity index (χ1v) is 6.70. The molecule has 3 heterocycles. The Labute approximate surface area is 112 Å². The minimum atomic E-state index is 0.388. The van der Waals surface area contributed by atoms with Crippen LogP contribution >= 0.6 is 0 Å². The normalized spacial score (nSPS) is 20.8. The zero-order chi connectivity index (χ0) is 13.2. The molecule has 0 spiro atoms. The molecule has 1 aliphatic heterocycles. The van der Waals surface area contributed by atoms with E-state index in [9.17, 15) is 0 Å². The van der Waals surface area contributed by atoms with Crippen molar-refractivity contribution in [3.8, 4) is 0 Å². The van der Waals surface area contributed by atoms with Gasteiger partial charge in [0.15, 0.2) is 5.82 Å². The summed E-state index contributed by atoms with van der Waals surface area (Å²) >= 11 is 0.